The Balaban J connectivity index is 0.000000140. The molecule has 4 nitrogen and oxygen atoms in total. The maximum atomic E-state index is 4.89. The van der Waals surface area contributed by atoms with Crippen LogP contribution in [0.2, 0.25) is 0 Å². The van der Waals surface area contributed by atoms with Gasteiger partial charge in [0.15, 0.2) is 5.65 Å². The average molecular weight is 427 g/mol. The number of rotatable bonds is 2. The molecule has 4 aromatic rings. The zero-order valence-electron chi connectivity index (χ0n) is 12.1. The van der Waals surface area contributed by atoms with Crippen LogP contribution in [0.5, 0.6) is 0 Å². The van der Waals surface area contributed by atoms with Crippen LogP contribution in [0.15, 0.2) is 78.3 Å². The molecule has 6 heteroatoms. The van der Waals surface area contributed by atoms with Crippen molar-refractivity contribution < 1.29 is 0 Å². The van der Waals surface area contributed by atoms with Crippen molar-refractivity contribution >= 4 is 52.4 Å². The van der Waals surface area contributed by atoms with Crippen LogP contribution in [-0.4, -0.2) is 41.6 Å². The molecule has 1 N–H and O–H groups in total. The van der Waals surface area contributed by atoms with E-state index in [4.69, 9.17) is 12.6 Å². The van der Waals surface area contributed by atoms with Crippen molar-refractivity contribution in [1.29, 1.82) is 0 Å². The molecule has 0 amide bonds. The van der Waals surface area contributed by atoms with Crippen molar-refractivity contribution in [2.24, 2.45) is 0 Å². The third kappa shape index (κ3) is 4.50. The van der Waals surface area contributed by atoms with Crippen LogP contribution in [0.1, 0.15) is 0 Å². The van der Waals surface area contributed by atoms with E-state index in [1.54, 1.807) is 6.33 Å². The Morgan fingerprint density at radius 1 is 0.783 bits per heavy atom. The summed E-state index contributed by atoms with van der Waals surface area (Å²) >= 11 is 4.55. The van der Waals surface area contributed by atoms with E-state index < -0.39 is 0 Å². The number of aromatic amines is 1. The van der Waals surface area contributed by atoms with Gasteiger partial charge < -0.3 is 17.6 Å². The molecule has 2 aromatic carbocycles. The quantitative estimate of drug-likeness (QED) is 0.300. The summed E-state index contributed by atoms with van der Waals surface area (Å²) in [6.07, 6.45) is 2.96. The van der Waals surface area contributed by atoms with Crippen LogP contribution in [0.3, 0.4) is 0 Å². The van der Waals surface area contributed by atoms with Crippen LogP contribution < -0.4 is 7.02 Å². The van der Waals surface area contributed by atoms with Crippen LogP contribution >= 0.6 is 0 Å². The van der Waals surface area contributed by atoms with E-state index in [1.807, 2.05) is 0 Å². The molecular formula is C17H13N4SSb-. The number of nitrogens with zero attached hydrogens (tertiary/aromatic N) is 3. The summed E-state index contributed by atoms with van der Waals surface area (Å²) in [5.74, 6) is 0. The summed E-state index contributed by atoms with van der Waals surface area (Å²) in [4.78, 5) is 14.4. The van der Waals surface area contributed by atoms with Gasteiger partial charge in [0, 0.05) is 0 Å². The van der Waals surface area contributed by atoms with Gasteiger partial charge >= 0.3 is 89.3 Å². The normalized spacial score (nSPS) is 10.1. The predicted molar refractivity (Wildman–Crippen MR) is 95.2 cm³/mol. The number of aromatic nitrogens is 4. The second kappa shape index (κ2) is 8.04. The van der Waals surface area contributed by atoms with Gasteiger partial charge in [0.25, 0.3) is 0 Å². The molecule has 2 heterocycles. The van der Waals surface area contributed by atoms with Gasteiger partial charge in [-0.1, -0.05) is 5.03 Å². The fraction of sp³-hybridized carbons (Fsp3) is 0. The molecule has 0 spiro atoms. The Morgan fingerprint density at radius 3 is 1.96 bits per heavy atom. The number of nitrogens with one attached hydrogen (secondary N) is 1. The van der Waals surface area contributed by atoms with Crippen LogP contribution in [0.4, 0.5) is 0 Å². The van der Waals surface area contributed by atoms with Gasteiger partial charge in [-0.15, -0.1) is 0 Å². The zero-order chi connectivity index (χ0) is 15.9. The van der Waals surface area contributed by atoms with E-state index >= 15 is 0 Å². The van der Waals surface area contributed by atoms with E-state index in [2.05, 4.69) is 80.6 Å². The monoisotopic (exact) mass is 426 g/mol. The molecule has 0 fully saturated rings. The number of imidazole rings is 1. The van der Waals surface area contributed by atoms with Gasteiger partial charge in [0.1, 0.15) is 6.33 Å². The van der Waals surface area contributed by atoms with E-state index in [9.17, 15) is 0 Å². The van der Waals surface area contributed by atoms with Crippen molar-refractivity contribution in [2.75, 3.05) is 0 Å². The maximum absolute atomic E-state index is 4.89. The number of fused-ring (bicyclic) bond motifs is 1. The minimum absolute atomic E-state index is 0.335. The molecule has 1 radical (unpaired) electrons. The molecule has 0 unspecified atom stereocenters. The first-order chi connectivity index (χ1) is 11.3. The Morgan fingerprint density at radius 2 is 1.39 bits per heavy atom. The zero-order valence-corrected chi connectivity index (χ0v) is 15.5. The van der Waals surface area contributed by atoms with E-state index in [0.29, 0.717) is 10.7 Å². The van der Waals surface area contributed by atoms with Crippen molar-refractivity contribution in [2.45, 2.75) is 5.03 Å². The first-order valence-electron chi connectivity index (χ1n) is 6.96. The van der Waals surface area contributed by atoms with Crippen LogP contribution in [0.25, 0.3) is 11.2 Å². The number of benzene rings is 2. The Labute approximate surface area is 150 Å². The minimum atomic E-state index is -0.335. The molecular weight excluding hydrogens is 414 g/mol. The SMILES string of the molecule is [S-]c1ncnc2nc[nH]c12.c1cc[c]([Sb][c]2ccccc2)cc1. The fourth-order valence-corrected chi connectivity index (χ4v) is 4.78. The second-order valence-electron chi connectivity index (χ2n) is 4.56. The van der Waals surface area contributed by atoms with Crippen molar-refractivity contribution in [3.05, 3.63) is 73.3 Å². The van der Waals surface area contributed by atoms with Gasteiger partial charge in [0.05, 0.1) is 11.8 Å². The number of hydrogen-bond acceptors (Lipinski definition) is 4. The Bertz CT molecular complexity index is 828. The third-order valence-electron chi connectivity index (χ3n) is 2.96. The predicted octanol–water partition coefficient (Wildman–Crippen LogP) is 1.60. The molecule has 0 saturated heterocycles. The van der Waals surface area contributed by atoms with Gasteiger partial charge in [-0.3, -0.25) is 4.98 Å². The van der Waals surface area contributed by atoms with Gasteiger partial charge in [0.2, 0.25) is 0 Å². The van der Waals surface area contributed by atoms with Crippen molar-refractivity contribution in [3.63, 3.8) is 0 Å². The molecule has 0 aliphatic heterocycles. The first-order valence-corrected chi connectivity index (χ1v) is 9.92. The molecule has 2 aromatic heterocycles. The molecule has 23 heavy (non-hydrogen) atoms. The van der Waals surface area contributed by atoms with E-state index in [-0.39, 0.29) is 21.6 Å². The molecule has 0 bridgehead atoms. The summed E-state index contributed by atoms with van der Waals surface area (Å²) in [7, 11) is 0. The Kier molecular flexibility index (Phi) is 5.56. The summed E-state index contributed by atoms with van der Waals surface area (Å²) in [5.41, 5.74) is 1.36. The molecule has 4 rings (SSSR count). The Hall–Kier alpha value is -1.97. The average Bonchev–Trinajstić information content (AvgIpc) is 3.08. The third-order valence-corrected chi connectivity index (χ3v) is 6.44. The first kappa shape index (κ1) is 15.9. The van der Waals surface area contributed by atoms with Gasteiger partial charge in [-0.25, -0.2) is 9.97 Å². The van der Waals surface area contributed by atoms with Crippen LogP contribution in [-0.2, 0) is 12.6 Å². The summed E-state index contributed by atoms with van der Waals surface area (Å²) in [6.45, 7) is 0. The van der Waals surface area contributed by atoms with Crippen LogP contribution in [0, 0.1) is 0 Å². The molecule has 0 saturated carbocycles. The summed E-state index contributed by atoms with van der Waals surface area (Å²) in [5, 5.41) is 0.516. The van der Waals surface area contributed by atoms with Gasteiger partial charge in [-0.2, -0.15) is 0 Å². The fourth-order valence-electron chi connectivity index (χ4n) is 1.90. The molecule has 0 aliphatic carbocycles. The number of hydrogen-bond donors (Lipinski definition) is 1. The van der Waals surface area contributed by atoms with Crippen molar-refractivity contribution in [1.82, 2.24) is 19.9 Å². The second-order valence-corrected chi connectivity index (χ2v) is 8.54. The molecule has 0 atom stereocenters. The van der Waals surface area contributed by atoms with E-state index in [0.717, 1.165) is 5.52 Å². The topological polar surface area (TPSA) is 54.5 Å². The molecule has 0 aliphatic rings. The van der Waals surface area contributed by atoms with Crippen molar-refractivity contribution in [3.8, 4) is 0 Å². The summed E-state index contributed by atoms with van der Waals surface area (Å²) in [6, 6.07) is 21.5. The standard InChI is InChI=1S/2C6H5.C5H4N4S.Sb/c2*1-2-4-6-5-3-1;10-5-3-4(7-1-6-3)8-2-9-5;/h2*1-5H;1-2H,(H2,6,7,8,9,10);/p-1. The van der Waals surface area contributed by atoms with E-state index in [1.165, 1.54) is 13.3 Å². The summed E-state index contributed by atoms with van der Waals surface area (Å²) < 4.78 is 3.04. The molecule has 113 valence electrons. The number of H-pyrrole nitrogens is 1. The van der Waals surface area contributed by atoms with Gasteiger partial charge in [-0.05, 0) is 0 Å².